The Bertz CT molecular complexity index is 713. The van der Waals surface area contributed by atoms with Gasteiger partial charge in [-0.25, -0.2) is 9.37 Å². The third-order valence-corrected chi connectivity index (χ3v) is 6.44. The molecule has 2 rings (SSSR count). The fourth-order valence-corrected chi connectivity index (χ4v) is 4.19. The molecule has 0 bridgehead atoms. The van der Waals surface area contributed by atoms with Crippen LogP contribution in [0.1, 0.15) is 5.69 Å². The summed E-state index contributed by atoms with van der Waals surface area (Å²) in [5, 5.41) is -2.18. The highest BCUT2D eigenvalue weighted by molar-refractivity contribution is 7.70. The summed E-state index contributed by atoms with van der Waals surface area (Å²) in [6.45, 7) is 0. The molecule has 2 heterocycles. The van der Waals surface area contributed by atoms with Crippen LogP contribution in [0.5, 0.6) is 0 Å². The molecule has 2 aromatic rings. The average Bonchev–Trinajstić information content (AvgIpc) is 2.65. The maximum absolute atomic E-state index is 13.1. The zero-order valence-corrected chi connectivity index (χ0v) is 11.7. The lowest BCUT2D eigenvalue weighted by atomic mass is 10.3. The molecule has 0 aliphatic rings. The maximum atomic E-state index is 13.1. The fourth-order valence-electron chi connectivity index (χ4n) is 1.78. The first-order valence-corrected chi connectivity index (χ1v) is 8.67. The van der Waals surface area contributed by atoms with Gasteiger partial charge in [0, 0.05) is 24.5 Å². The summed E-state index contributed by atoms with van der Waals surface area (Å²) in [5.74, 6) is -0.611. The Balaban J connectivity index is 2.47. The molecule has 0 saturated carbocycles. The molecule has 0 atom stereocenters. The minimum Gasteiger partial charge on any atom is -0.324 e. The van der Waals surface area contributed by atoms with Crippen molar-refractivity contribution in [2.75, 3.05) is 0 Å². The quantitative estimate of drug-likeness (QED) is 0.608. The third kappa shape index (κ3) is 3.15. The van der Waals surface area contributed by atoms with Crippen LogP contribution in [0.15, 0.2) is 24.5 Å². The Kier molecular flexibility index (Phi) is 3.85. The number of nitrogens with zero attached hydrogens (tertiary/aromatic N) is 2. The summed E-state index contributed by atoms with van der Waals surface area (Å²) in [4.78, 5) is 40.1. The van der Waals surface area contributed by atoms with Gasteiger partial charge in [0.2, 0.25) is 0 Å². The lowest BCUT2D eigenvalue weighted by Crippen LogP contribution is -2.14. The van der Waals surface area contributed by atoms with Gasteiger partial charge in [-0.2, -0.15) is 0 Å². The predicted octanol–water partition coefficient (Wildman–Crippen LogP) is 0.697. The number of hydrogen-bond acceptors (Lipinski definition) is 3. The predicted molar refractivity (Wildman–Crippen MR) is 66.7 cm³/mol. The van der Waals surface area contributed by atoms with E-state index in [-0.39, 0.29) is 5.69 Å². The maximum Gasteiger partial charge on any atom is 0.341 e. The molecule has 0 spiro atoms. The minimum atomic E-state index is -5.03. The molecule has 0 radical (unpaired) electrons. The second-order valence-electron chi connectivity index (χ2n) is 4.19. The third-order valence-electron chi connectivity index (χ3n) is 2.71. The van der Waals surface area contributed by atoms with Crippen LogP contribution in [-0.4, -0.2) is 34.4 Å². The van der Waals surface area contributed by atoms with E-state index in [9.17, 15) is 13.5 Å². The van der Waals surface area contributed by atoms with E-state index in [1.165, 1.54) is 16.7 Å². The fraction of sp³-hybridized carbons (Fsp3) is 0.222. The smallest absolute Gasteiger partial charge is 0.324 e. The summed E-state index contributed by atoms with van der Waals surface area (Å²) >= 11 is 0. The van der Waals surface area contributed by atoms with Crippen LogP contribution in [0.3, 0.4) is 0 Å². The largest absolute Gasteiger partial charge is 0.341 e. The molecule has 11 heteroatoms. The first-order valence-electron chi connectivity index (χ1n) is 5.31. The highest BCUT2D eigenvalue weighted by Crippen LogP contribution is 2.60. The Hall–Kier alpha value is -1.08. The molecule has 0 unspecified atom stereocenters. The molecule has 0 amide bonds. The summed E-state index contributed by atoms with van der Waals surface area (Å²) in [6, 6.07) is 2.48. The van der Waals surface area contributed by atoms with E-state index in [4.69, 9.17) is 19.6 Å². The number of hydrogen-bond donors (Lipinski definition) is 4. The summed E-state index contributed by atoms with van der Waals surface area (Å²) in [5.41, 5.74) is 0.396. The van der Waals surface area contributed by atoms with Gasteiger partial charge >= 0.3 is 15.2 Å². The number of halogens is 1. The Labute approximate surface area is 112 Å². The monoisotopic (exact) mass is 324 g/mol. The number of rotatable bonds is 4. The van der Waals surface area contributed by atoms with E-state index >= 15 is 0 Å². The number of fused-ring (bicyclic) bond motifs is 1. The molecule has 4 N–H and O–H groups in total. The van der Waals surface area contributed by atoms with Crippen LogP contribution in [0, 0.1) is 5.82 Å². The van der Waals surface area contributed by atoms with Gasteiger partial charge in [-0.3, -0.25) is 9.13 Å². The topological polar surface area (TPSA) is 132 Å². The Morgan fingerprint density at radius 2 is 1.80 bits per heavy atom. The number of pyridine rings is 1. The van der Waals surface area contributed by atoms with Gasteiger partial charge < -0.3 is 24.0 Å². The zero-order chi connectivity index (χ0) is 15.1. The Morgan fingerprint density at radius 3 is 2.35 bits per heavy atom. The second-order valence-corrected chi connectivity index (χ2v) is 8.20. The van der Waals surface area contributed by atoms with Crippen molar-refractivity contribution in [3.63, 3.8) is 0 Å². The number of aromatic nitrogens is 2. The average molecular weight is 324 g/mol. The van der Waals surface area contributed by atoms with Gasteiger partial charge in [0.25, 0.3) is 0 Å². The summed E-state index contributed by atoms with van der Waals surface area (Å²) in [6.07, 6.45) is 1.58. The lowest BCUT2D eigenvalue weighted by Gasteiger charge is -2.19. The molecule has 8 nitrogen and oxygen atoms in total. The standard InChI is InChI=1S/C9H11FN2O6P2/c10-6-1-2-8-11-4-7(12(8)5-6)3-9(19(13,14)15)20(16,17)18/h1-2,4-5,9H,3H2,(H2,13,14,15)(H2,16,17,18). The van der Waals surface area contributed by atoms with Crippen molar-refractivity contribution in [2.24, 2.45) is 0 Å². The highest BCUT2D eigenvalue weighted by Gasteiger charge is 2.43. The molecular formula is C9H11FN2O6P2. The van der Waals surface area contributed by atoms with Crippen LogP contribution in [-0.2, 0) is 15.6 Å². The highest BCUT2D eigenvalue weighted by atomic mass is 31.2. The zero-order valence-electron chi connectivity index (χ0n) is 9.87. The van der Waals surface area contributed by atoms with Crippen molar-refractivity contribution >= 4 is 20.8 Å². The molecule has 0 aromatic carbocycles. The van der Waals surface area contributed by atoms with Crippen LogP contribution in [0.4, 0.5) is 4.39 Å². The first-order chi connectivity index (χ1) is 9.09. The lowest BCUT2D eigenvalue weighted by molar-refractivity contribution is 0.337. The normalized spacial score (nSPS) is 13.3. The SMILES string of the molecule is O=P(O)(O)C(Cc1cnc2ccc(F)cn12)P(=O)(O)O. The van der Waals surface area contributed by atoms with E-state index in [1.54, 1.807) is 0 Å². The van der Waals surface area contributed by atoms with Crippen LogP contribution >= 0.6 is 15.2 Å². The van der Waals surface area contributed by atoms with Gasteiger partial charge in [0.1, 0.15) is 11.5 Å². The van der Waals surface area contributed by atoms with Gasteiger partial charge in [-0.15, -0.1) is 0 Å². The van der Waals surface area contributed by atoms with Crippen molar-refractivity contribution in [3.05, 3.63) is 36.0 Å². The van der Waals surface area contributed by atoms with Gasteiger partial charge in [-0.1, -0.05) is 0 Å². The second kappa shape index (κ2) is 5.04. The molecule has 110 valence electrons. The van der Waals surface area contributed by atoms with Gasteiger partial charge in [0.05, 0.1) is 0 Å². The van der Waals surface area contributed by atoms with E-state index in [2.05, 4.69) is 4.98 Å². The van der Waals surface area contributed by atoms with Crippen molar-refractivity contribution in [2.45, 2.75) is 11.8 Å². The van der Waals surface area contributed by atoms with E-state index in [0.29, 0.717) is 5.65 Å². The van der Waals surface area contributed by atoms with Gasteiger partial charge in [0.15, 0.2) is 5.40 Å². The van der Waals surface area contributed by atoms with Crippen LogP contribution < -0.4 is 0 Å². The van der Waals surface area contributed by atoms with Crippen LogP contribution in [0.2, 0.25) is 0 Å². The minimum absolute atomic E-state index is 0.0937. The summed E-state index contributed by atoms with van der Waals surface area (Å²) in [7, 11) is -10.1. The molecule has 0 fully saturated rings. The van der Waals surface area contributed by atoms with Gasteiger partial charge in [-0.05, 0) is 12.1 Å². The van der Waals surface area contributed by atoms with Crippen LogP contribution in [0.25, 0.3) is 5.65 Å². The molecule has 0 aliphatic carbocycles. The van der Waals surface area contributed by atoms with E-state index in [0.717, 1.165) is 12.3 Å². The van der Waals surface area contributed by atoms with E-state index in [1.807, 2.05) is 0 Å². The van der Waals surface area contributed by atoms with Crippen molar-refractivity contribution < 1.29 is 33.1 Å². The molecular weight excluding hydrogens is 313 g/mol. The first kappa shape index (κ1) is 15.3. The van der Waals surface area contributed by atoms with Crippen molar-refractivity contribution in [1.82, 2.24) is 9.38 Å². The number of imidazole rings is 1. The Morgan fingerprint density at radius 1 is 1.20 bits per heavy atom. The van der Waals surface area contributed by atoms with E-state index < -0.39 is 32.8 Å². The molecule has 20 heavy (non-hydrogen) atoms. The molecule has 0 saturated heterocycles. The van der Waals surface area contributed by atoms with Crippen molar-refractivity contribution in [3.8, 4) is 0 Å². The molecule has 2 aromatic heterocycles. The summed E-state index contributed by atoms with van der Waals surface area (Å²) < 4.78 is 36.7. The molecule has 0 aliphatic heterocycles. The van der Waals surface area contributed by atoms with Crippen molar-refractivity contribution in [1.29, 1.82) is 0 Å².